The van der Waals surface area contributed by atoms with E-state index in [1.165, 1.54) is 18.2 Å². The molecule has 1 fully saturated rings. The third-order valence-electron chi connectivity index (χ3n) is 4.43. The number of amides is 2. The maximum atomic E-state index is 12.1. The van der Waals surface area contributed by atoms with Crippen molar-refractivity contribution in [3.05, 3.63) is 63.7 Å². The maximum absolute atomic E-state index is 12.1. The van der Waals surface area contributed by atoms with Gasteiger partial charge in [0.05, 0.1) is 21.7 Å². The highest BCUT2D eigenvalue weighted by Gasteiger charge is 2.22. The Balaban J connectivity index is 1.57. The van der Waals surface area contributed by atoms with Crippen LogP contribution in [0.3, 0.4) is 0 Å². The SMILES string of the molecule is N#Cc1cc([N+](=O)[O-])ccc1NC(=O)COC(=O)c1ccc(N2CCCC2=O)cc1. The zero-order valence-corrected chi connectivity index (χ0v) is 15.7. The van der Waals surface area contributed by atoms with E-state index in [9.17, 15) is 24.5 Å². The summed E-state index contributed by atoms with van der Waals surface area (Å²) in [6.45, 7) is 0.0309. The van der Waals surface area contributed by atoms with E-state index in [2.05, 4.69) is 5.32 Å². The Morgan fingerprint density at radius 1 is 1.23 bits per heavy atom. The number of benzene rings is 2. The van der Waals surface area contributed by atoms with Gasteiger partial charge < -0.3 is 15.0 Å². The molecule has 2 aromatic rings. The number of nitro groups is 1. The van der Waals surface area contributed by atoms with Gasteiger partial charge in [-0.3, -0.25) is 19.7 Å². The zero-order chi connectivity index (χ0) is 21.7. The van der Waals surface area contributed by atoms with Crippen molar-refractivity contribution in [2.75, 3.05) is 23.4 Å². The number of hydrogen-bond acceptors (Lipinski definition) is 7. The number of hydrogen-bond donors (Lipinski definition) is 1. The zero-order valence-electron chi connectivity index (χ0n) is 15.7. The van der Waals surface area contributed by atoms with E-state index in [0.29, 0.717) is 18.7 Å². The Bertz CT molecular complexity index is 1060. The molecule has 0 spiro atoms. The lowest BCUT2D eigenvalue weighted by Crippen LogP contribution is -2.24. The van der Waals surface area contributed by atoms with E-state index in [4.69, 9.17) is 10.00 Å². The molecule has 1 saturated heterocycles. The normalized spacial score (nSPS) is 12.9. The molecule has 0 saturated carbocycles. The molecule has 0 bridgehead atoms. The van der Waals surface area contributed by atoms with E-state index in [1.54, 1.807) is 23.1 Å². The fraction of sp³-hybridized carbons (Fsp3) is 0.200. The molecule has 3 rings (SSSR count). The van der Waals surface area contributed by atoms with Crippen LogP contribution in [0.5, 0.6) is 0 Å². The van der Waals surface area contributed by atoms with Crippen molar-refractivity contribution >= 4 is 34.8 Å². The maximum Gasteiger partial charge on any atom is 0.338 e. The van der Waals surface area contributed by atoms with Gasteiger partial charge in [0.15, 0.2) is 6.61 Å². The number of nitrogens with zero attached hydrogens (tertiary/aromatic N) is 3. The molecular weight excluding hydrogens is 392 g/mol. The largest absolute Gasteiger partial charge is 0.452 e. The van der Waals surface area contributed by atoms with Crippen molar-refractivity contribution in [3.63, 3.8) is 0 Å². The molecule has 0 atom stereocenters. The number of carbonyl (C=O) groups excluding carboxylic acids is 3. The quantitative estimate of drug-likeness (QED) is 0.439. The lowest BCUT2D eigenvalue weighted by Gasteiger charge is -2.15. The van der Waals surface area contributed by atoms with Crippen LogP contribution in [0.15, 0.2) is 42.5 Å². The Morgan fingerprint density at radius 3 is 2.57 bits per heavy atom. The molecule has 10 heteroatoms. The summed E-state index contributed by atoms with van der Waals surface area (Å²) in [4.78, 5) is 47.7. The molecule has 1 N–H and O–H groups in total. The molecule has 10 nitrogen and oxygen atoms in total. The number of rotatable bonds is 6. The van der Waals surface area contributed by atoms with Crippen molar-refractivity contribution in [1.82, 2.24) is 0 Å². The van der Waals surface area contributed by atoms with Crippen LogP contribution in [0.25, 0.3) is 0 Å². The molecule has 0 aliphatic carbocycles. The second-order valence-electron chi connectivity index (χ2n) is 6.42. The first-order chi connectivity index (χ1) is 14.4. The fourth-order valence-corrected chi connectivity index (χ4v) is 2.95. The monoisotopic (exact) mass is 408 g/mol. The molecule has 152 valence electrons. The van der Waals surface area contributed by atoms with Crippen LogP contribution >= 0.6 is 0 Å². The minimum Gasteiger partial charge on any atom is -0.452 e. The van der Waals surface area contributed by atoms with Gasteiger partial charge in [-0.15, -0.1) is 0 Å². The number of carbonyl (C=O) groups is 3. The third-order valence-corrected chi connectivity index (χ3v) is 4.43. The van der Waals surface area contributed by atoms with Gasteiger partial charge >= 0.3 is 5.97 Å². The average Bonchev–Trinajstić information content (AvgIpc) is 3.18. The second-order valence-corrected chi connectivity index (χ2v) is 6.42. The molecule has 2 amide bonds. The summed E-state index contributed by atoms with van der Waals surface area (Å²) in [6, 6.07) is 11.5. The standard InChI is InChI=1S/C20H16N4O6/c21-11-14-10-16(24(28)29)7-8-17(14)22-18(25)12-30-20(27)13-3-5-15(6-4-13)23-9-1-2-19(23)26/h3-8,10H,1-2,9,12H2,(H,22,25). The van der Waals surface area contributed by atoms with Crippen LogP contribution in [0, 0.1) is 21.4 Å². The summed E-state index contributed by atoms with van der Waals surface area (Å²) in [5.41, 5.74) is 0.606. The first-order valence-electron chi connectivity index (χ1n) is 8.95. The first-order valence-corrected chi connectivity index (χ1v) is 8.95. The highest BCUT2D eigenvalue weighted by atomic mass is 16.6. The van der Waals surface area contributed by atoms with E-state index in [0.717, 1.165) is 18.6 Å². The summed E-state index contributed by atoms with van der Waals surface area (Å²) < 4.78 is 4.96. The Labute approximate surface area is 170 Å². The highest BCUT2D eigenvalue weighted by molar-refractivity contribution is 5.98. The van der Waals surface area contributed by atoms with Gasteiger partial charge in [0.2, 0.25) is 5.91 Å². The number of non-ortho nitro benzene ring substituents is 1. The summed E-state index contributed by atoms with van der Waals surface area (Å²) >= 11 is 0. The van der Waals surface area contributed by atoms with E-state index in [-0.39, 0.29) is 28.4 Å². The molecule has 1 aliphatic heterocycles. The minimum atomic E-state index is -0.728. The molecule has 0 unspecified atom stereocenters. The minimum absolute atomic E-state index is 0.0324. The topological polar surface area (TPSA) is 143 Å². The highest BCUT2D eigenvalue weighted by Crippen LogP contribution is 2.23. The van der Waals surface area contributed by atoms with Gasteiger partial charge in [0.1, 0.15) is 6.07 Å². The van der Waals surface area contributed by atoms with Gasteiger partial charge in [0, 0.05) is 30.8 Å². The number of esters is 1. The first kappa shape index (κ1) is 20.5. The van der Waals surface area contributed by atoms with E-state index < -0.39 is 23.4 Å². The summed E-state index contributed by atoms with van der Waals surface area (Å²) in [7, 11) is 0. The van der Waals surface area contributed by atoms with Crippen LogP contribution in [0.4, 0.5) is 17.1 Å². The van der Waals surface area contributed by atoms with Gasteiger partial charge in [-0.05, 0) is 36.8 Å². The number of nitrogens with one attached hydrogen (secondary N) is 1. The second kappa shape index (κ2) is 8.83. The molecule has 1 aliphatic rings. The smallest absolute Gasteiger partial charge is 0.338 e. The predicted molar refractivity (Wildman–Crippen MR) is 105 cm³/mol. The lowest BCUT2D eigenvalue weighted by atomic mass is 10.1. The summed E-state index contributed by atoms with van der Waals surface area (Å²) in [6.07, 6.45) is 1.29. The van der Waals surface area contributed by atoms with Crippen LogP contribution < -0.4 is 10.2 Å². The number of ether oxygens (including phenoxy) is 1. The summed E-state index contributed by atoms with van der Waals surface area (Å²) in [5, 5.41) is 22.2. The fourth-order valence-electron chi connectivity index (χ4n) is 2.95. The molecule has 0 aromatic heterocycles. The number of nitro benzene ring substituents is 1. The Kier molecular flexibility index (Phi) is 6.03. The van der Waals surface area contributed by atoms with Crippen LogP contribution in [0.1, 0.15) is 28.8 Å². The van der Waals surface area contributed by atoms with E-state index in [1.807, 2.05) is 0 Å². The molecule has 1 heterocycles. The Hall–Kier alpha value is -4.26. The third kappa shape index (κ3) is 4.59. The predicted octanol–water partition coefficient (Wildman–Crippen LogP) is 2.39. The Morgan fingerprint density at radius 2 is 1.97 bits per heavy atom. The summed E-state index contributed by atoms with van der Waals surface area (Å²) in [5.74, 6) is -1.40. The van der Waals surface area contributed by atoms with Crippen molar-refractivity contribution in [1.29, 1.82) is 5.26 Å². The van der Waals surface area contributed by atoms with E-state index >= 15 is 0 Å². The van der Waals surface area contributed by atoms with Crippen molar-refractivity contribution < 1.29 is 24.0 Å². The van der Waals surface area contributed by atoms with Crippen LogP contribution in [0.2, 0.25) is 0 Å². The van der Waals surface area contributed by atoms with Gasteiger partial charge in [0.25, 0.3) is 11.6 Å². The number of anilines is 2. The van der Waals surface area contributed by atoms with Crippen molar-refractivity contribution in [2.45, 2.75) is 12.8 Å². The van der Waals surface area contributed by atoms with Crippen molar-refractivity contribution in [2.24, 2.45) is 0 Å². The van der Waals surface area contributed by atoms with Crippen LogP contribution in [-0.2, 0) is 14.3 Å². The van der Waals surface area contributed by atoms with Crippen molar-refractivity contribution in [3.8, 4) is 6.07 Å². The molecular formula is C20H16N4O6. The molecule has 0 radical (unpaired) electrons. The lowest BCUT2D eigenvalue weighted by molar-refractivity contribution is -0.384. The van der Waals surface area contributed by atoms with Gasteiger partial charge in [-0.2, -0.15) is 5.26 Å². The molecule has 2 aromatic carbocycles. The molecule has 30 heavy (non-hydrogen) atoms. The van der Waals surface area contributed by atoms with Crippen LogP contribution in [-0.4, -0.2) is 35.9 Å². The van der Waals surface area contributed by atoms with Gasteiger partial charge in [-0.25, -0.2) is 4.79 Å². The average molecular weight is 408 g/mol. The van der Waals surface area contributed by atoms with Gasteiger partial charge in [-0.1, -0.05) is 0 Å². The number of nitriles is 1.